The van der Waals surface area contributed by atoms with E-state index in [1.54, 1.807) is 18.2 Å². The topological polar surface area (TPSA) is 58.6 Å². The number of alkyl halides is 1. The van der Waals surface area contributed by atoms with Gasteiger partial charge in [-0.2, -0.15) is 0 Å². The third-order valence-electron chi connectivity index (χ3n) is 2.27. The van der Waals surface area contributed by atoms with Crippen LogP contribution in [0.25, 0.3) is 0 Å². The second-order valence-corrected chi connectivity index (χ2v) is 3.95. The summed E-state index contributed by atoms with van der Waals surface area (Å²) in [7, 11) is 1.49. The van der Waals surface area contributed by atoms with Crippen LogP contribution in [0.2, 0.25) is 0 Å². The average Bonchev–Trinajstić information content (AvgIpc) is 2.34. The van der Waals surface area contributed by atoms with Gasteiger partial charge < -0.3 is 15.2 Å². The van der Waals surface area contributed by atoms with E-state index in [0.29, 0.717) is 31.0 Å². The van der Waals surface area contributed by atoms with Crippen LogP contribution in [-0.2, 0) is 11.3 Å². The first-order valence-corrected chi connectivity index (χ1v) is 5.89. The average molecular weight is 258 g/mol. The van der Waals surface area contributed by atoms with E-state index >= 15 is 0 Å². The van der Waals surface area contributed by atoms with Gasteiger partial charge in [0.05, 0.1) is 7.11 Å². The van der Waals surface area contributed by atoms with Gasteiger partial charge in [0.1, 0.15) is 0 Å². The molecule has 0 saturated heterocycles. The molecule has 0 bridgehead atoms. The molecule has 0 aliphatic rings. The smallest absolute Gasteiger partial charge is 0.220 e. The van der Waals surface area contributed by atoms with Gasteiger partial charge in [0.25, 0.3) is 0 Å². The maximum absolute atomic E-state index is 11.3. The molecule has 0 saturated carbocycles. The molecule has 0 spiro atoms. The lowest BCUT2D eigenvalue weighted by molar-refractivity contribution is -0.121. The molecule has 4 nitrogen and oxygen atoms in total. The highest BCUT2D eigenvalue weighted by molar-refractivity contribution is 6.17. The first-order valence-electron chi connectivity index (χ1n) is 5.36. The van der Waals surface area contributed by atoms with Crippen molar-refractivity contribution in [1.29, 1.82) is 0 Å². The Balaban J connectivity index is 2.47. The number of carbonyl (C=O) groups is 1. The Morgan fingerprint density at radius 1 is 1.53 bits per heavy atom. The van der Waals surface area contributed by atoms with Crippen molar-refractivity contribution in [1.82, 2.24) is 5.32 Å². The fourth-order valence-corrected chi connectivity index (χ4v) is 1.50. The van der Waals surface area contributed by atoms with Crippen LogP contribution >= 0.6 is 11.6 Å². The van der Waals surface area contributed by atoms with Crippen LogP contribution in [0.5, 0.6) is 11.5 Å². The zero-order valence-electron chi connectivity index (χ0n) is 9.70. The minimum Gasteiger partial charge on any atom is -0.504 e. The van der Waals surface area contributed by atoms with Crippen LogP contribution in [0.4, 0.5) is 0 Å². The fourth-order valence-electron chi connectivity index (χ4n) is 1.36. The molecule has 1 amide bonds. The number of benzene rings is 1. The van der Waals surface area contributed by atoms with Crippen molar-refractivity contribution in [2.45, 2.75) is 19.4 Å². The fraction of sp³-hybridized carbons (Fsp3) is 0.417. The number of amides is 1. The van der Waals surface area contributed by atoms with E-state index in [1.165, 1.54) is 7.11 Å². The van der Waals surface area contributed by atoms with Gasteiger partial charge in [0.15, 0.2) is 11.5 Å². The van der Waals surface area contributed by atoms with Crippen molar-refractivity contribution in [2.75, 3.05) is 13.0 Å². The molecular formula is C12H16ClNO3. The predicted molar refractivity (Wildman–Crippen MR) is 66.5 cm³/mol. The standard InChI is InChI=1S/C12H16ClNO3/c1-17-11-5-4-9(7-10(11)15)8-14-12(16)3-2-6-13/h4-5,7,15H,2-3,6,8H2,1H3,(H,14,16). The maximum Gasteiger partial charge on any atom is 0.220 e. The lowest BCUT2D eigenvalue weighted by atomic mass is 10.2. The first kappa shape index (κ1) is 13.6. The van der Waals surface area contributed by atoms with Gasteiger partial charge in [-0.1, -0.05) is 6.07 Å². The van der Waals surface area contributed by atoms with E-state index in [4.69, 9.17) is 16.3 Å². The number of methoxy groups -OCH3 is 1. The van der Waals surface area contributed by atoms with Gasteiger partial charge >= 0.3 is 0 Å². The second-order valence-electron chi connectivity index (χ2n) is 3.58. The van der Waals surface area contributed by atoms with E-state index in [0.717, 1.165) is 5.56 Å². The Kier molecular flexibility index (Phi) is 5.63. The largest absolute Gasteiger partial charge is 0.504 e. The minimum atomic E-state index is -0.0408. The lowest BCUT2D eigenvalue weighted by Crippen LogP contribution is -2.22. The van der Waals surface area contributed by atoms with E-state index in [1.807, 2.05) is 0 Å². The molecule has 1 aromatic carbocycles. The molecule has 17 heavy (non-hydrogen) atoms. The summed E-state index contributed by atoms with van der Waals surface area (Å²) in [5.74, 6) is 0.930. The van der Waals surface area contributed by atoms with E-state index in [9.17, 15) is 9.90 Å². The number of carbonyl (C=O) groups excluding carboxylic acids is 1. The molecule has 0 aliphatic heterocycles. The van der Waals surface area contributed by atoms with Crippen molar-refractivity contribution >= 4 is 17.5 Å². The Labute approximate surface area is 106 Å². The molecule has 0 unspecified atom stereocenters. The van der Waals surface area contributed by atoms with Crippen LogP contribution in [0.15, 0.2) is 18.2 Å². The van der Waals surface area contributed by atoms with Crippen LogP contribution in [-0.4, -0.2) is 24.0 Å². The van der Waals surface area contributed by atoms with Crippen molar-refractivity contribution in [3.05, 3.63) is 23.8 Å². The van der Waals surface area contributed by atoms with Gasteiger partial charge in [-0.05, 0) is 24.1 Å². The monoisotopic (exact) mass is 257 g/mol. The van der Waals surface area contributed by atoms with Crippen molar-refractivity contribution < 1.29 is 14.6 Å². The highest BCUT2D eigenvalue weighted by atomic mass is 35.5. The number of phenols is 1. The number of hydrogen-bond donors (Lipinski definition) is 2. The number of halogens is 1. The predicted octanol–water partition coefficient (Wildman–Crippen LogP) is 2.04. The molecule has 1 rings (SSSR count). The van der Waals surface area contributed by atoms with Crippen molar-refractivity contribution in [3.8, 4) is 11.5 Å². The number of phenolic OH excluding ortho intramolecular Hbond substituents is 1. The highest BCUT2D eigenvalue weighted by Crippen LogP contribution is 2.25. The molecule has 2 N–H and O–H groups in total. The highest BCUT2D eigenvalue weighted by Gasteiger charge is 2.04. The summed E-state index contributed by atoms with van der Waals surface area (Å²) < 4.78 is 4.93. The zero-order chi connectivity index (χ0) is 12.7. The Morgan fingerprint density at radius 3 is 2.88 bits per heavy atom. The summed E-state index contributed by atoms with van der Waals surface area (Å²) in [5, 5.41) is 12.3. The van der Waals surface area contributed by atoms with E-state index < -0.39 is 0 Å². The van der Waals surface area contributed by atoms with Gasteiger partial charge in [-0.15, -0.1) is 11.6 Å². The Morgan fingerprint density at radius 2 is 2.29 bits per heavy atom. The summed E-state index contributed by atoms with van der Waals surface area (Å²) in [6, 6.07) is 5.02. The second kappa shape index (κ2) is 7.01. The molecular weight excluding hydrogens is 242 g/mol. The normalized spacial score (nSPS) is 10.0. The summed E-state index contributed by atoms with van der Waals surface area (Å²) in [5.41, 5.74) is 0.822. The molecule has 5 heteroatoms. The number of aromatic hydroxyl groups is 1. The quantitative estimate of drug-likeness (QED) is 0.767. The van der Waals surface area contributed by atoms with E-state index in [-0.39, 0.29) is 11.7 Å². The third kappa shape index (κ3) is 4.53. The zero-order valence-corrected chi connectivity index (χ0v) is 10.5. The number of rotatable bonds is 6. The van der Waals surface area contributed by atoms with Crippen molar-refractivity contribution in [2.24, 2.45) is 0 Å². The minimum absolute atomic E-state index is 0.0408. The molecule has 0 aromatic heterocycles. The molecule has 0 radical (unpaired) electrons. The van der Waals surface area contributed by atoms with Crippen LogP contribution < -0.4 is 10.1 Å². The molecule has 0 fully saturated rings. The van der Waals surface area contributed by atoms with Gasteiger partial charge in [-0.3, -0.25) is 4.79 Å². The van der Waals surface area contributed by atoms with E-state index in [2.05, 4.69) is 5.32 Å². The lowest BCUT2D eigenvalue weighted by Gasteiger charge is -2.07. The summed E-state index contributed by atoms with van der Waals surface area (Å²) >= 11 is 5.49. The first-order chi connectivity index (χ1) is 8.17. The van der Waals surface area contributed by atoms with Gasteiger partial charge in [0.2, 0.25) is 5.91 Å². The molecule has 1 aromatic rings. The molecule has 94 valence electrons. The Hall–Kier alpha value is -1.42. The maximum atomic E-state index is 11.3. The van der Waals surface area contributed by atoms with Gasteiger partial charge in [0, 0.05) is 18.8 Å². The molecule has 0 aliphatic carbocycles. The summed E-state index contributed by atoms with van der Waals surface area (Å²) in [4.78, 5) is 11.3. The van der Waals surface area contributed by atoms with Crippen molar-refractivity contribution in [3.63, 3.8) is 0 Å². The van der Waals surface area contributed by atoms with Crippen LogP contribution in [0, 0.1) is 0 Å². The molecule has 0 atom stereocenters. The SMILES string of the molecule is COc1ccc(CNC(=O)CCCCl)cc1O. The van der Waals surface area contributed by atoms with Crippen LogP contribution in [0.1, 0.15) is 18.4 Å². The number of hydrogen-bond acceptors (Lipinski definition) is 3. The van der Waals surface area contributed by atoms with Gasteiger partial charge in [-0.25, -0.2) is 0 Å². The Bertz CT molecular complexity index is 382. The molecule has 0 heterocycles. The van der Waals surface area contributed by atoms with Crippen LogP contribution in [0.3, 0.4) is 0 Å². The number of nitrogens with one attached hydrogen (secondary N) is 1. The number of ether oxygens (including phenoxy) is 1. The summed E-state index contributed by atoms with van der Waals surface area (Å²) in [6.07, 6.45) is 1.09. The summed E-state index contributed by atoms with van der Waals surface area (Å²) in [6.45, 7) is 0.388. The third-order valence-corrected chi connectivity index (χ3v) is 2.54.